The Morgan fingerprint density at radius 2 is 1.68 bits per heavy atom. The summed E-state index contributed by atoms with van der Waals surface area (Å²) in [5.41, 5.74) is -1.18. The molecule has 8 heteroatoms. The molecule has 0 saturated carbocycles. The van der Waals surface area contributed by atoms with E-state index in [1.807, 2.05) is 13.8 Å². The fourth-order valence-corrected chi connectivity index (χ4v) is 2.29. The van der Waals surface area contributed by atoms with Gasteiger partial charge in [0.15, 0.2) is 0 Å². The molecule has 0 saturated heterocycles. The van der Waals surface area contributed by atoms with E-state index in [1.54, 1.807) is 4.90 Å². The monoisotopic (exact) mass is 359 g/mol. The number of nitrogens with zero attached hydrogens (tertiary/aromatic N) is 1. The Bertz CT molecular complexity index is 577. The summed E-state index contributed by atoms with van der Waals surface area (Å²) in [6.07, 6.45) is -3.03. The molecule has 0 aromatic heterocycles. The minimum Gasteiger partial charge on any atom is -0.355 e. The lowest BCUT2D eigenvalue weighted by Gasteiger charge is -2.21. The largest absolute Gasteiger partial charge is 0.418 e. The molecule has 0 aliphatic rings. The number of carbonyl (C=O) groups excluding carboxylic acids is 2. The van der Waals surface area contributed by atoms with Crippen LogP contribution in [-0.4, -0.2) is 42.9 Å². The van der Waals surface area contributed by atoms with Crippen molar-refractivity contribution in [1.29, 1.82) is 0 Å². The van der Waals surface area contributed by atoms with Crippen LogP contribution in [0.3, 0.4) is 0 Å². The van der Waals surface area contributed by atoms with Gasteiger partial charge in [-0.1, -0.05) is 26.0 Å². The van der Waals surface area contributed by atoms with Crippen molar-refractivity contribution in [2.45, 2.75) is 32.9 Å². The second-order valence-electron chi connectivity index (χ2n) is 5.65. The van der Waals surface area contributed by atoms with Crippen LogP contribution in [0.15, 0.2) is 24.3 Å². The standard InChI is InChI=1S/C17H24F3N3O2/c1-3-9-21-15(24)11-23(10-4-2)12-16(25)22-14-8-6-5-7-13(14)17(18,19)20/h5-8H,3-4,9-12H2,1-2H3,(H,21,24)(H,22,25). The number of hydrogen-bond donors (Lipinski definition) is 2. The summed E-state index contributed by atoms with van der Waals surface area (Å²) < 4.78 is 38.9. The number of anilines is 1. The minimum atomic E-state index is -4.55. The quantitative estimate of drug-likeness (QED) is 0.713. The van der Waals surface area contributed by atoms with Crippen LogP contribution in [0.5, 0.6) is 0 Å². The molecular formula is C17H24F3N3O2. The van der Waals surface area contributed by atoms with Crippen LogP contribution < -0.4 is 10.6 Å². The molecule has 2 amide bonds. The Hall–Kier alpha value is -2.09. The van der Waals surface area contributed by atoms with Crippen molar-refractivity contribution in [2.75, 3.05) is 31.5 Å². The van der Waals surface area contributed by atoms with Crippen LogP contribution >= 0.6 is 0 Å². The number of alkyl halides is 3. The van der Waals surface area contributed by atoms with Gasteiger partial charge < -0.3 is 10.6 Å². The SMILES string of the molecule is CCCNC(=O)CN(CCC)CC(=O)Nc1ccccc1C(F)(F)F. The first-order valence-corrected chi connectivity index (χ1v) is 8.23. The Balaban J connectivity index is 2.71. The number of rotatable bonds is 9. The van der Waals surface area contributed by atoms with Crippen molar-refractivity contribution in [2.24, 2.45) is 0 Å². The van der Waals surface area contributed by atoms with E-state index in [4.69, 9.17) is 0 Å². The molecule has 0 atom stereocenters. The van der Waals surface area contributed by atoms with E-state index in [0.717, 1.165) is 12.5 Å². The first-order chi connectivity index (χ1) is 11.8. The van der Waals surface area contributed by atoms with E-state index in [9.17, 15) is 22.8 Å². The number of amides is 2. The molecule has 0 spiro atoms. The summed E-state index contributed by atoms with van der Waals surface area (Å²) in [5, 5.41) is 5.00. The first kappa shape index (κ1) is 21.0. The van der Waals surface area contributed by atoms with Gasteiger partial charge >= 0.3 is 6.18 Å². The van der Waals surface area contributed by atoms with E-state index in [2.05, 4.69) is 10.6 Å². The van der Waals surface area contributed by atoms with Crippen LogP contribution in [0.1, 0.15) is 32.3 Å². The number of benzene rings is 1. The first-order valence-electron chi connectivity index (χ1n) is 8.23. The highest BCUT2D eigenvalue weighted by Crippen LogP contribution is 2.34. The topological polar surface area (TPSA) is 61.4 Å². The number of hydrogen-bond acceptors (Lipinski definition) is 3. The molecule has 1 rings (SSSR count). The van der Waals surface area contributed by atoms with Crippen molar-refractivity contribution >= 4 is 17.5 Å². The van der Waals surface area contributed by atoms with Crippen LogP contribution in [0.2, 0.25) is 0 Å². The smallest absolute Gasteiger partial charge is 0.355 e. The third-order valence-electron chi connectivity index (χ3n) is 3.35. The molecule has 140 valence electrons. The molecule has 1 aromatic rings. The lowest BCUT2D eigenvalue weighted by Crippen LogP contribution is -2.41. The second kappa shape index (κ2) is 10.0. The Labute approximate surface area is 145 Å². The third-order valence-corrected chi connectivity index (χ3v) is 3.35. The highest BCUT2D eigenvalue weighted by atomic mass is 19.4. The zero-order chi connectivity index (χ0) is 18.9. The summed E-state index contributed by atoms with van der Waals surface area (Å²) in [6.45, 7) is 4.74. The molecule has 5 nitrogen and oxygen atoms in total. The summed E-state index contributed by atoms with van der Waals surface area (Å²) in [7, 11) is 0. The van der Waals surface area contributed by atoms with E-state index < -0.39 is 17.6 Å². The molecule has 0 heterocycles. The highest BCUT2D eigenvalue weighted by molar-refractivity contribution is 5.93. The van der Waals surface area contributed by atoms with Gasteiger partial charge in [-0.15, -0.1) is 0 Å². The third kappa shape index (κ3) is 7.55. The zero-order valence-electron chi connectivity index (χ0n) is 14.4. The number of carbonyl (C=O) groups is 2. The van der Waals surface area contributed by atoms with Gasteiger partial charge in [0.2, 0.25) is 11.8 Å². The molecule has 25 heavy (non-hydrogen) atoms. The van der Waals surface area contributed by atoms with Gasteiger partial charge in [0.05, 0.1) is 24.3 Å². The van der Waals surface area contributed by atoms with Gasteiger partial charge in [-0.25, -0.2) is 0 Å². The average molecular weight is 359 g/mol. The maximum absolute atomic E-state index is 13.0. The molecule has 0 fully saturated rings. The lowest BCUT2D eigenvalue weighted by molar-refractivity contribution is -0.137. The van der Waals surface area contributed by atoms with Gasteiger partial charge in [-0.2, -0.15) is 13.2 Å². The highest BCUT2D eigenvalue weighted by Gasteiger charge is 2.33. The maximum atomic E-state index is 13.0. The molecule has 0 radical (unpaired) electrons. The summed E-state index contributed by atoms with van der Waals surface area (Å²) in [5.74, 6) is -0.799. The number of para-hydroxylation sites is 1. The summed E-state index contributed by atoms with van der Waals surface area (Å²) in [6, 6.07) is 4.81. The number of nitrogens with one attached hydrogen (secondary N) is 2. The molecule has 0 bridgehead atoms. The lowest BCUT2D eigenvalue weighted by atomic mass is 10.1. The Morgan fingerprint density at radius 3 is 2.28 bits per heavy atom. The fraction of sp³-hybridized carbons (Fsp3) is 0.529. The average Bonchev–Trinajstić information content (AvgIpc) is 2.52. The predicted octanol–water partition coefficient (Wildman–Crippen LogP) is 2.88. The predicted molar refractivity (Wildman–Crippen MR) is 90.1 cm³/mol. The minimum absolute atomic E-state index is 0.0299. The summed E-state index contributed by atoms with van der Waals surface area (Å²) in [4.78, 5) is 25.5. The van der Waals surface area contributed by atoms with Gasteiger partial charge in [0.25, 0.3) is 0 Å². The van der Waals surface area contributed by atoms with E-state index >= 15 is 0 Å². The van der Waals surface area contributed by atoms with Crippen molar-refractivity contribution in [3.05, 3.63) is 29.8 Å². The van der Waals surface area contributed by atoms with Crippen molar-refractivity contribution in [3.63, 3.8) is 0 Å². The van der Waals surface area contributed by atoms with Crippen LogP contribution in [0, 0.1) is 0 Å². The van der Waals surface area contributed by atoms with Gasteiger partial charge in [0.1, 0.15) is 0 Å². The van der Waals surface area contributed by atoms with Gasteiger partial charge in [-0.05, 0) is 31.5 Å². The maximum Gasteiger partial charge on any atom is 0.418 e. The zero-order valence-corrected chi connectivity index (χ0v) is 14.4. The van der Waals surface area contributed by atoms with Crippen molar-refractivity contribution in [3.8, 4) is 0 Å². The Morgan fingerprint density at radius 1 is 1.04 bits per heavy atom. The molecule has 2 N–H and O–H groups in total. The second-order valence-corrected chi connectivity index (χ2v) is 5.65. The molecule has 1 aromatic carbocycles. The van der Waals surface area contributed by atoms with Crippen LogP contribution in [0.25, 0.3) is 0 Å². The molecule has 0 aliphatic heterocycles. The van der Waals surface area contributed by atoms with E-state index in [0.29, 0.717) is 19.5 Å². The molecular weight excluding hydrogens is 335 g/mol. The number of halogens is 3. The van der Waals surface area contributed by atoms with Crippen molar-refractivity contribution < 1.29 is 22.8 Å². The van der Waals surface area contributed by atoms with Crippen molar-refractivity contribution in [1.82, 2.24) is 10.2 Å². The molecule has 0 aliphatic carbocycles. The van der Waals surface area contributed by atoms with E-state index in [-0.39, 0.29) is 24.7 Å². The Kier molecular flexibility index (Phi) is 8.40. The molecule has 0 unspecified atom stereocenters. The van der Waals surface area contributed by atoms with Gasteiger partial charge in [0, 0.05) is 6.54 Å². The fourth-order valence-electron chi connectivity index (χ4n) is 2.29. The van der Waals surface area contributed by atoms with Gasteiger partial charge in [-0.3, -0.25) is 14.5 Å². The van der Waals surface area contributed by atoms with Crippen LogP contribution in [0.4, 0.5) is 18.9 Å². The van der Waals surface area contributed by atoms with E-state index in [1.165, 1.54) is 18.2 Å². The summed E-state index contributed by atoms with van der Waals surface area (Å²) >= 11 is 0. The van der Waals surface area contributed by atoms with Crippen LogP contribution in [-0.2, 0) is 15.8 Å². The normalized spacial score (nSPS) is 11.4.